The Bertz CT molecular complexity index is 1760. The van der Waals surface area contributed by atoms with Gasteiger partial charge in [-0.1, -0.05) is 17.7 Å². The van der Waals surface area contributed by atoms with Gasteiger partial charge in [-0.25, -0.2) is 22.6 Å². The van der Waals surface area contributed by atoms with Gasteiger partial charge < -0.3 is 15.2 Å². The molecule has 12 nitrogen and oxygen atoms in total. The van der Waals surface area contributed by atoms with Crippen LogP contribution in [0.4, 0.5) is 4.39 Å². The summed E-state index contributed by atoms with van der Waals surface area (Å²) in [5.41, 5.74) is 1.16. The lowest BCUT2D eigenvalue weighted by Crippen LogP contribution is -2.43. The van der Waals surface area contributed by atoms with Crippen molar-refractivity contribution in [3.8, 4) is 0 Å². The molecule has 1 unspecified atom stereocenters. The number of carboxylic acid groups (broad SMARTS) is 1. The number of benzene rings is 1. The second kappa shape index (κ2) is 12.0. The van der Waals surface area contributed by atoms with Crippen molar-refractivity contribution in [3.63, 3.8) is 0 Å². The second-order valence-corrected chi connectivity index (χ2v) is 14.1. The number of aliphatic carboxylic acids is 1. The van der Waals surface area contributed by atoms with Crippen molar-refractivity contribution in [2.45, 2.75) is 42.7 Å². The normalized spacial score (nSPS) is 23.1. The number of nitrogens with one attached hydrogen (secondary N) is 1. The van der Waals surface area contributed by atoms with Crippen molar-refractivity contribution < 1.29 is 32.2 Å². The van der Waals surface area contributed by atoms with Gasteiger partial charge in [0, 0.05) is 53.1 Å². The summed E-state index contributed by atoms with van der Waals surface area (Å²) in [6.07, 6.45) is 5.96. The van der Waals surface area contributed by atoms with E-state index in [1.165, 1.54) is 52.0 Å². The van der Waals surface area contributed by atoms with Crippen molar-refractivity contribution in [1.82, 2.24) is 24.4 Å². The number of amidine groups is 1. The molecule has 3 aliphatic rings. The lowest BCUT2D eigenvalue weighted by molar-refractivity contribution is -0.146. The maximum Gasteiger partial charge on any atom is 0.338 e. The number of aromatic nitrogens is 3. The first-order valence-electron chi connectivity index (χ1n) is 13.9. The summed E-state index contributed by atoms with van der Waals surface area (Å²) in [4.78, 5) is 33.6. The number of methoxy groups -OCH3 is 1. The Morgan fingerprint density at radius 1 is 1.23 bits per heavy atom. The Morgan fingerprint density at radius 2 is 1.98 bits per heavy atom. The van der Waals surface area contributed by atoms with Crippen molar-refractivity contribution in [1.29, 1.82) is 0 Å². The number of carbonyl (C=O) groups excluding carboxylic acids is 1. The molecule has 0 radical (unpaired) electrons. The first kappa shape index (κ1) is 30.4. The minimum Gasteiger partial charge on any atom is -0.481 e. The van der Waals surface area contributed by atoms with Gasteiger partial charge >= 0.3 is 11.9 Å². The number of aliphatic imine (C=N–C) groups is 1. The molecule has 1 aliphatic carbocycles. The number of rotatable bonds is 8. The van der Waals surface area contributed by atoms with Gasteiger partial charge in [-0.05, 0) is 37.8 Å². The number of hydrogen-bond acceptors (Lipinski definition) is 10. The summed E-state index contributed by atoms with van der Waals surface area (Å²) in [6.45, 7) is 0.349. The number of thiazole rings is 1. The van der Waals surface area contributed by atoms with E-state index in [2.05, 4.69) is 15.4 Å². The molecule has 1 saturated heterocycles. The van der Waals surface area contributed by atoms with Gasteiger partial charge in [-0.3, -0.25) is 14.5 Å². The number of nitrogens with zero attached hydrogens (tertiary/aromatic N) is 5. The fourth-order valence-electron chi connectivity index (χ4n) is 5.81. The number of carbonyl (C=O) groups is 2. The third kappa shape index (κ3) is 5.64. The summed E-state index contributed by atoms with van der Waals surface area (Å²) in [6, 6.07) is 2.83. The third-order valence-electron chi connectivity index (χ3n) is 8.29. The van der Waals surface area contributed by atoms with Crippen LogP contribution in [0.2, 0.25) is 5.02 Å². The Balaban J connectivity index is 1.26. The molecule has 2 aliphatic heterocycles. The van der Waals surface area contributed by atoms with Crippen molar-refractivity contribution in [3.05, 3.63) is 74.9 Å². The highest BCUT2D eigenvalue weighted by atomic mass is 35.5. The van der Waals surface area contributed by atoms with Crippen molar-refractivity contribution in [2.75, 3.05) is 20.2 Å². The quantitative estimate of drug-likeness (QED) is 0.343. The van der Waals surface area contributed by atoms with E-state index in [9.17, 15) is 22.4 Å². The van der Waals surface area contributed by atoms with E-state index in [-0.39, 0.29) is 40.5 Å². The predicted octanol–water partition coefficient (Wildman–Crippen LogP) is 3.79. The molecule has 16 heteroatoms. The first-order valence-corrected chi connectivity index (χ1v) is 16.6. The molecule has 2 N–H and O–H groups in total. The standard InChI is InChI=1S/C28H28ClFN6O6S2/c1-42-28(39)22-23(33-25(26-31-6-9-43-26)34-24(22)20-3-2-17(30)12-21(20)29)15-4-7-35(8-5-15)44(40,41)19-13-32-36(14-19)18-10-16(11-18)27(37)38/h2-3,6,9,12-16,18,24H,4-5,7-8,10-11H2,1H3,(H,33,34)(H,37,38). The van der Waals surface area contributed by atoms with E-state index in [4.69, 9.17) is 26.4 Å². The Hall–Kier alpha value is -3.66. The number of piperidine rings is 1. The number of allylic oxidation sites excluding steroid dienone is 1. The fourth-order valence-corrected chi connectivity index (χ4v) is 8.08. The minimum absolute atomic E-state index is 0.0455. The molecular weight excluding hydrogens is 635 g/mol. The van der Waals surface area contributed by atoms with Crippen LogP contribution in [0.3, 0.4) is 0 Å². The van der Waals surface area contributed by atoms with Crippen LogP contribution in [-0.2, 0) is 24.3 Å². The summed E-state index contributed by atoms with van der Waals surface area (Å²) in [5, 5.41) is 19.1. The monoisotopic (exact) mass is 662 g/mol. The van der Waals surface area contributed by atoms with Gasteiger partial charge in [0.15, 0.2) is 10.8 Å². The van der Waals surface area contributed by atoms with E-state index in [1.807, 2.05) is 0 Å². The maximum atomic E-state index is 13.9. The molecule has 3 aromatic rings. The molecule has 0 amide bonds. The van der Waals surface area contributed by atoms with Crippen LogP contribution in [0.15, 0.2) is 63.3 Å². The molecule has 2 aromatic heterocycles. The lowest BCUT2D eigenvalue weighted by atomic mass is 9.80. The van der Waals surface area contributed by atoms with E-state index >= 15 is 0 Å². The molecule has 232 valence electrons. The Morgan fingerprint density at radius 3 is 2.61 bits per heavy atom. The highest BCUT2D eigenvalue weighted by Gasteiger charge is 2.40. The average molecular weight is 663 g/mol. The second-order valence-electron chi connectivity index (χ2n) is 10.8. The van der Waals surface area contributed by atoms with Gasteiger partial charge in [-0.15, -0.1) is 11.3 Å². The number of ether oxygens (including phenoxy) is 1. The van der Waals surface area contributed by atoms with Crippen LogP contribution in [0, 0.1) is 17.7 Å². The molecule has 1 saturated carbocycles. The van der Waals surface area contributed by atoms with Crippen LogP contribution in [0.5, 0.6) is 0 Å². The largest absolute Gasteiger partial charge is 0.481 e. The molecule has 2 fully saturated rings. The number of sulfonamides is 1. The summed E-state index contributed by atoms with van der Waals surface area (Å²) < 4.78 is 49.0. The van der Waals surface area contributed by atoms with Crippen molar-refractivity contribution >= 4 is 50.7 Å². The predicted molar refractivity (Wildman–Crippen MR) is 158 cm³/mol. The fraction of sp³-hybridized carbons (Fsp3) is 0.393. The van der Waals surface area contributed by atoms with Gasteiger partial charge in [0.25, 0.3) is 0 Å². The Labute approximate surface area is 261 Å². The zero-order valence-corrected chi connectivity index (χ0v) is 25.8. The highest BCUT2D eigenvalue weighted by molar-refractivity contribution is 7.89. The van der Waals surface area contributed by atoms with Crippen LogP contribution < -0.4 is 5.32 Å². The molecule has 6 rings (SSSR count). The molecule has 0 spiro atoms. The molecule has 44 heavy (non-hydrogen) atoms. The lowest BCUT2D eigenvalue weighted by Gasteiger charge is -2.36. The van der Waals surface area contributed by atoms with Crippen LogP contribution in [0.1, 0.15) is 48.3 Å². The number of hydrogen-bond donors (Lipinski definition) is 2. The summed E-state index contributed by atoms with van der Waals surface area (Å²) in [5.74, 6) is -2.33. The number of esters is 1. The highest BCUT2D eigenvalue weighted by Crippen LogP contribution is 2.41. The van der Waals surface area contributed by atoms with Gasteiger partial charge in [0.2, 0.25) is 10.0 Å². The SMILES string of the molecule is COC(=O)C1=C(C2CCN(S(=O)(=O)c3cnn(C4CC(C(=O)O)C4)c3)CC2)NC(c2nccs2)=NC1c1ccc(F)cc1Cl. The van der Waals surface area contributed by atoms with Gasteiger partial charge in [0.1, 0.15) is 16.8 Å². The van der Waals surface area contributed by atoms with E-state index < -0.39 is 39.7 Å². The smallest absolute Gasteiger partial charge is 0.338 e. The average Bonchev–Trinajstić information content (AvgIpc) is 3.69. The molecule has 1 aromatic carbocycles. The molecular formula is C28H28ClFN6O6S2. The third-order valence-corrected chi connectivity index (χ3v) is 11.2. The molecule has 4 heterocycles. The van der Waals surface area contributed by atoms with Gasteiger partial charge in [0.05, 0.1) is 30.8 Å². The summed E-state index contributed by atoms with van der Waals surface area (Å²) >= 11 is 7.79. The van der Waals surface area contributed by atoms with Crippen LogP contribution in [-0.4, -0.2) is 70.6 Å². The summed E-state index contributed by atoms with van der Waals surface area (Å²) in [7, 11) is -2.61. The van der Waals surface area contributed by atoms with E-state index in [1.54, 1.807) is 11.6 Å². The first-order chi connectivity index (χ1) is 21.1. The maximum absolute atomic E-state index is 13.9. The van der Waals surface area contributed by atoms with E-state index in [0.717, 1.165) is 6.07 Å². The Kier molecular flexibility index (Phi) is 8.30. The topological polar surface area (TPSA) is 156 Å². The zero-order chi connectivity index (χ0) is 31.2. The molecule has 0 bridgehead atoms. The van der Waals surface area contributed by atoms with Crippen LogP contribution >= 0.6 is 22.9 Å². The number of carboxylic acids is 1. The molecule has 1 atom stereocenters. The van der Waals surface area contributed by atoms with Gasteiger partial charge in [-0.2, -0.15) is 9.40 Å². The van der Waals surface area contributed by atoms with Crippen molar-refractivity contribution in [2.24, 2.45) is 16.8 Å². The van der Waals surface area contributed by atoms with E-state index in [0.29, 0.717) is 47.8 Å². The minimum atomic E-state index is -3.87. The van der Waals surface area contributed by atoms with Crippen LogP contribution in [0.25, 0.3) is 0 Å². The number of halogens is 2. The zero-order valence-electron chi connectivity index (χ0n) is 23.4.